The Morgan fingerprint density at radius 1 is 1.31 bits per heavy atom. The van der Waals surface area contributed by atoms with Gasteiger partial charge in [-0.2, -0.15) is 0 Å². The van der Waals surface area contributed by atoms with Gasteiger partial charge in [0, 0.05) is 6.42 Å². The van der Waals surface area contributed by atoms with Crippen LogP contribution in [0, 0.1) is 11.8 Å². The summed E-state index contributed by atoms with van der Waals surface area (Å²) >= 11 is 0. The van der Waals surface area contributed by atoms with E-state index in [0.717, 1.165) is 12.8 Å². The quantitative estimate of drug-likeness (QED) is 0.788. The number of aliphatic hydroxyl groups is 1. The molecule has 0 aliphatic carbocycles. The average molecular weight is 228 g/mol. The fraction of sp³-hybridized carbons (Fsp3) is 1.00. The van der Waals surface area contributed by atoms with Gasteiger partial charge < -0.3 is 14.6 Å². The molecule has 2 bridgehead atoms. The molecule has 3 nitrogen and oxygen atoms in total. The molecule has 4 atom stereocenters. The van der Waals surface area contributed by atoms with Crippen LogP contribution < -0.4 is 0 Å². The number of hydrogen-bond acceptors (Lipinski definition) is 3. The molecule has 2 heterocycles. The highest BCUT2D eigenvalue weighted by Gasteiger charge is 2.56. The monoisotopic (exact) mass is 228 g/mol. The first kappa shape index (κ1) is 12.3. The van der Waals surface area contributed by atoms with Crippen molar-refractivity contribution in [2.45, 2.75) is 71.1 Å². The van der Waals surface area contributed by atoms with E-state index in [1.807, 2.05) is 20.8 Å². The van der Waals surface area contributed by atoms with Crippen molar-refractivity contribution < 1.29 is 14.6 Å². The topological polar surface area (TPSA) is 38.7 Å². The summed E-state index contributed by atoms with van der Waals surface area (Å²) in [4.78, 5) is 0. The van der Waals surface area contributed by atoms with Gasteiger partial charge in [-0.1, -0.05) is 13.8 Å². The van der Waals surface area contributed by atoms with Crippen LogP contribution in [0.4, 0.5) is 0 Å². The maximum atomic E-state index is 10.2. The molecule has 2 aliphatic rings. The van der Waals surface area contributed by atoms with Crippen molar-refractivity contribution in [1.82, 2.24) is 0 Å². The first-order valence-electron chi connectivity index (χ1n) is 6.31. The molecule has 0 aromatic carbocycles. The van der Waals surface area contributed by atoms with E-state index in [1.165, 1.54) is 0 Å². The molecule has 0 amide bonds. The Morgan fingerprint density at radius 3 is 2.44 bits per heavy atom. The summed E-state index contributed by atoms with van der Waals surface area (Å²) in [5.74, 6) is 0.592. The Bertz CT molecular complexity index is 269. The predicted molar refractivity (Wildman–Crippen MR) is 62.0 cm³/mol. The van der Waals surface area contributed by atoms with Crippen molar-refractivity contribution in [3.8, 4) is 0 Å². The first-order valence-corrected chi connectivity index (χ1v) is 6.31. The van der Waals surface area contributed by atoms with Gasteiger partial charge in [-0.15, -0.1) is 0 Å². The Morgan fingerprint density at radius 2 is 1.94 bits per heavy atom. The second-order valence-electron chi connectivity index (χ2n) is 6.35. The van der Waals surface area contributed by atoms with Crippen molar-refractivity contribution >= 4 is 0 Å². The second kappa shape index (κ2) is 3.69. The summed E-state index contributed by atoms with van der Waals surface area (Å²) in [7, 11) is 0. The molecule has 16 heavy (non-hydrogen) atoms. The maximum absolute atomic E-state index is 10.2. The Labute approximate surface area is 98.1 Å². The van der Waals surface area contributed by atoms with Crippen LogP contribution in [0.1, 0.15) is 47.5 Å². The van der Waals surface area contributed by atoms with Gasteiger partial charge in [0.1, 0.15) is 6.10 Å². The predicted octanol–water partition coefficient (Wildman–Crippen LogP) is 2.32. The van der Waals surface area contributed by atoms with Gasteiger partial charge >= 0.3 is 0 Å². The summed E-state index contributed by atoms with van der Waals surface area (Å²) in [6.45, 7) is 10.0. The number of ether oxygens (including phenoxy) is 2. The summed E-state index contributed by atoms with van der Waals surface area (Å²) < 4.78 is 12.0. The van der Waals surface area contributed by atoms with Crippen LogP contribution in [-0.2, 0) is 9.47 Å². The maximum Gasteiger partial charge on any atom is 0.166 e. The zero-order chi connectivity index (χ0) is 12.1. The van der Waals surface area contributed by atoms with Crippen LogP contribution in [0.25, 0.3) is 0 Å². The summed E-state index contributed by atoms with van der Waals surface area (Å²) in [6, 6.07) is 0. The largest absolute Gasteiger partial charge is 0.388 e. The fourth-order valence-corrected chi connectivity index (χ4v) is 2.99. The zero-order valence-corrected chi connectivity index (χ0v) is 11.0. The standard InChI is InChI=1S/C13H24O3/c1-8(2)9-6-7-13(5)15-10(9)11(16-13)12(3,4)14/h8-11,14H,6-7H2,1-5H3/t9-,10+,11-,13+/m0/s1. The van der Waals surface area contributed by atoms with Gasteiger partial charge in [-0.25, -0.2) is 0 Å². The van der Waals surface area contributed by atoms with Gasteiger partial charge in [0.15, 0.2) is 5.79 Å². The summed E-state index contributed by atoms with van der Waals surface area (Å²) in [5.41, 5.74) is -0.833. The SMILES string of the molecule is CC(C)[C@@H]1CC[C@]2(C)O[C@H]1[C@@H](C(C)(C)O)O2. The third-order valence-electron chi connectivity index (χ3n) is 3.97. The third kappa shape index (κ3) is 2.01. The van der Waals surface area contributed by atoms with E-state index in [0.29, 0.717) is 11.8 Å². The highest BCUT2D eigenvalue weighted by molar-refractivity contribution is 4.99. The molecule has 0 spiro atoms. The molecule has 2 saturated heterocycles. The Hall–Kier alpha value is -0.120. The Kier molecular flexibility index (Phi) is 2.84. The highest BCUT2D eigenvalue weighted by atomic mass is 16.8. The molecule has 2 rings (SSSR count). The van der Waals surface area contributed by atoms with E-state index in [-0.39, 0.29) is 12.2 Å². The number of hydrogen-bond donors (Lipinski definition) is 1. The molecule has 94 valence electrons. The van der Waals surface area contributed by atoms with Crippen LogP contribution >= 0.6 is 0 Å². The molecule has 3 heteroatoms. The van der Waals surface area contributed by atoms with E-state index in [4.69, 9.17) is 9.47 Å². The molecule has 0 aromatic rings. The van der Waals surface area contributed by atoms with Crippen molar-refractivity contribution in [2.75, 3.05) is 0 Å². The minimum atomic E-state index is -0.833. The van der Waals surface area contributed by atoms with Crippen LogP contribution in [0.3, 0.4) is 0 Å². The molecule has 0 unspecified atom stereocenters. The Balaban J connectivity index is 2.23. The average Bonchev–Trinajstić information content (AvgIpc) is 2.37. The van der Waals surface area contributed by atoms with E-state index in [2.05, 4.69) is 13.8 Å². The van der Waals surface area contributed by atoms with Crippen LogP contribution in [-0.4, -0.2) is 28.7 Å². The van der Waals surface area contributed by atoms with Crippen molar-refractivity contribution in [3.05, 3.63) is 0 Å². The summed E-state index contributed by atoms with van der Waals surface area (Å²) in [6.07, 6.45) is 1.90. The fourth-order valence-electron chi connectivity index (χ4n) is 2.99. The van der Waals surface area contributed by atoms with E-state index < -0.39 is 11.4 Å². The lowest BCUT2D eigenvalue weighted by Gasteiger charge is -2.36. The van der Waals surface area contributed by atoms with E-state index in [9.17, 15) is 5.11 Å². The van der Waals surface area contributed by atoms with Crippen molar-refractivity contribution in [2.24, 2.45) is 11.8 Å². The number of fused-ring (bicyclic) bond motifs is 2. The van der Waals surface area contributed by atoms with Crippen molar-refractivity contribution in [3.63, 3.8) is 0 Å². The van der Waals surface area contributed by atoms with Gasteiger partial charge in [0.05, 0.1) is 11.7 Å². The molecule has 2 aliphatic heterocycles. The minimum Gasteiger partial charge on any atom is -0.388 e. The van der Waals surface area contributed by atoms with E-state index in [1.54, 1.807) is 0 Å². The number of rotatable bonds is 2. The van der Waals surface area contributed by atoms with Gasteiger partial charge in [0.25, 0.3) is 0 Å². The first-order chi connectivity index (χ1) is 7.23. The van der Waals surface area contributed by atoms with Gasteiger partial charge in [-0.3, -0.25) is 0 Å². The van der Waals surface area contributed by atoms with Crippen molar-refractivity contribution in [1.29, 1.82) is 0 Å². The normalized spacial score (nSPS) is 44.1. The molecule has 0 saturated carbocycles. The molecule has 2 fully saturated rings. The summed E-state index contributed by atoms with van der Waals surface area (Å²) in [5, 5.41) is 10.2. The highest BCUT2D eigenvalue weighted by Crippen LogP contribution is 2.47. The van der Waals surface area contributed by atoms with Crippen LogP contribution in [0.15, 0.2) is 0 Å². The minimum absolute atomic E-state index is 0.0405. The van der Waals surface area contributed by atoms with Gasteiger partial charge in [0.2, 0.25) is 0 Å². The molecular weight excluding hydrogens is 204 g/mol. The third-order valence-corrected chi connectivity index (χ3v) is 3.97. The van der Waals surface area contributed by atoms with Gasteiger partial charge in [-0.05, 0) is 39.0 Å². The molecule has 0 aromatic heterocycles. The second-order valence-corrected chi connectivity index (χ2v) is 6.35. The lowest BCUT2D eigenvalue weighted by molar-refractivity contribution is -0.198. The van der Waals surface area contributed by atoms with E-state index >= 15 is 0 Å². The van der Waals surface area contributed by atoms with Crippen LogP contribution in [0.5, 0.6) is 0 Å². The lowest BCUT2D eigenvalue weighted by Crippen LogP contribution is -2.47. The lowest BCUT2D eigenvalue weighted by atomic mass is 9.79. The van der Waals surface area contributed by atoms with Crippen LogP contribution in [0.2, 0.25) is 0 Å². The molecule has 0 radical (unpaired) electrons. The molecule has 1 N–H and O–H groups in total. The zero-order valence-electron chi connectivity index (χ0n) is 11.0. The molecular formula is C13H24O3. The smallest absolute Gasteiger partial charge is 0.166 e.